The quantitative estimate of drug-likeness (QED) is 0.858. The van der Waals surface area contributed by atoms with Crippen LogP contribution in [0.1, 0.15) is 19.4 Å². The fourth-order valence-electron chi connectivity index (χ4n) is 1.36. The molecule has 0 radical (unpaired) electrons. The van der Waals surface area contributed by atoms with Gasteiger partial charge in [0, 0.05) is 12.6 Å². The number of halogens is 1. The SMILES string of the molecule is CCOCC(C)Nc1cccc(Cl)c1C#N. The molecule has 1 unspecified atom stereocenters. The highest BCUT2D eigenvalue weighted by molar-refractivity contribution is 6.32. The van der Waals surface area contributed by atoms with Crippen molar-refractivity contribution in [2.24, 2.45) is 0 Å². The van der Waals surface area contributed by atoms with Crippen LogP contribution in [-0.4, -0.2) is 19.3 Å². The molecule has 1 rings (SSSR count). The first kappa shape index (κ1) is 12.8. The standard InChI is InChI=1S/C12H15ClN2O/c1-3-16-8-9(2)15-12-6-4-5-11(13)10(12)7-14/h4-6,9,15H,3,8H2,1-2H3. The van der Waals surface area contributed by atoms with Gasteiger partial charge in [-0.05, 0) is 26.0 Å². The van der Waals surface area contributed by atoms with Crippen LogP contribution in [0.3, 0.4) is 0 Å². The van der Waals surface area contributed by atoms with Gasteiger partial charge in [0.1, 0.15) is 6.07 Å². The van der Waals surface area contributed by atoms with E-state index in [1.165, 1.54) is 0 Å². The van der Waals surface area contributed by atoms with E-state index >= 15 is 0 Å². The first-order valence-corrected chi connectivity index (χ1v) is 5.59. The Morgan fingerprint density at radius 3 is 2.94 bits per heavy atom. The van der Waals surface area contributed by atoms with Gasteiger partial charge in [-0.1, -0.05) is 17.7 Å². The molecule has 16 heavy (non-hydrogen) atoms. The second kappa shape index (κ2) is 6.37. The Morgan fingerprint density at radius 1 is 1.56 bits per heavy atom. The minimum Gasteiger partial charge on any atom is -0.380 e. The average Bonchev–Trinajstić information content (AvgIpc) is 2.27. The van der Waals surface area contributed by atoms with Gasteiger partial charge in [-0.15, -0.1) is 0 Å². The Kier molecular flexibility index (Phi) is 5.10. The van der Waals surface area contributed by atoms with E-state index in [0.717, 1.165) is 5.69 Å². The van der Waals surface area contributed by atoms with Gasteiger partial charge >= 0.3 is 0 Å². The smallest absolute Gasteiger partial charge is 0.103 e. The van der Waals surface area contributed by atoms with Crippen LogP contribution in [0.4, 0.5) is 5.69 Å². The first-order chi connectivity index (χ1) is 7.69. The normalized spacial score (nSPS) is 11.9. The van der Waals surface area contributed by atoms with Crippen LogP contribution in [0.2, 0.25) is 5.02 Å². The molecule has 0 heterocycles. The summed E-state index contributed by atoms with van der Waals surface area (Å²) in [5.74, 6) is 0. The number of nitrogens with one attached hydrogen (secondary N) is 1. The largest absolute Gasteiger partial charge is 0.380 e. The molecular formula is C12H15ClN2O. The van der Waals surface area contributed by atoms with E-state index in [-0.39, 0.29) is 6.04 Å². The van der Waals surface area contributed by atoms with E-state index in [0.29, 0.717) is 23.8 Å². The van der Waals surface area contributed by atoms with Gasteiger partial charge in [0.05, 0.1) is 22.9 Å². The maximum Gasteiger partial charge on any atom is 0.103 e. The lowest BCUT2D eigenvalue weighted by atomic mass is 10.2. The van der Waals surface area contributed by atoms with Crippen molar-refractivity contribution in [3.8, 4) is 6.07 Å². The van der Waals surface area contributed by atoms with Crippen LogP contribution in [0.15, 0.2) is 18.2 Å². The number of ether oxygens (including phenoxy) is 1. The highest BCUT2D eigenvalue weighted by Gasteiger charge is 2.08. The lowest BCUT2D eigenvalue weighted by molar-refractivity contribution is 0.141. The minimum absolute atomic E-state index is 0.144. The fourth-order valence-corrected chi connectivity index (χ4v) is 1.58. The summed E-state index contributed by atoms with van der Waals surface area (Å²) in [7, 11) is 0. The van der Waals surface area contributed by atoms with Crippen molar-refractivity contribution >= 4 is 17.3 Å². The molecule has 0 spiro atoms. The molecule has 1 atom stereocenters. The summed E-state index contributed by atoms with van der Waals surface area (Å²) >= 11 is 5.92. The Labute approximate surface area is 101 Å². The third kappa shape index (κ3) is 3.41. The van der Waals surface area contributed by atoms with Gasteiger partial charge in [-0.25, -0.2) is 0 Å². The van der Waals surface area contributed by atoms with Crippen LogP contribution < -0.4 is 5.32 Å². The van der Waals surface area contributed by atoms with E-state index in [2.05, 4.69) is 11.4 Å². The van der Waals surface area contributed by atoms with E-state index in [1.54, 1.807) is 6.07 Å². The predicted molar refractivity (Wildman–Crippen MR) is 65.7 cm³/mol. The zero-order valence-corrected chi connectivity index (χ0v) is 10.2. The van der Waals surface area contributed by atoms with E-state index in [9.17, 15) is 0 Å². The van der Waals surface area contributed by atoms with Crippen LogP contribution in [-0.2, 0) is 4.74 Å². The Hall–Kier alpha value is -1.24. The summed E-state index contributed by atoms with van der Waals surface area (Å²) in [6, 6.07) is 7.60. The number of hydrogen-bond acceptors (Lipinski definition) is 3. The van der Waals surface area contributed by atoms with Gasteiger partial charge in [-0.2, -0.15) is 5.26 Å². The fraction of sp³-hybridized carbons (Fsp3) is 0.417. The maximum atomic E-state index is 8.98. The van der Waals surface area contributed by atoms with Crippen molar-refractivity contribution in [1.29, 1.82) is 5.26 Å². The van der Waals surface area contributed by atoms with Gasteiger partial charge in [0.25, 0.3) is 0 Å². The Morgan fingerprint density at radius 2 is 2.31 bits per heavy atom. The molecule has 0 aliphatic carbocycles. The van der Waals surface area contributed by atoms with Crippen LogP contribution >= 0.6 is 11.6 Å². The van der Waals surface area contributed by atoms with Crippen molar-refractivity contribution in [2.75, 3.05) is 18.5 Å². The van der Waals surface area contributed by atoms with E-state index in [4.69, 9.17) is 21.6 Å². The molecule has 1 N–H and O–H groups in total. The molecular weight excluding hydrogens is 224 g/mol. The highest BCUT2D eigenvalue weighted by atomic mass is 35.5. The van der Waals surface area contributed by atoms with Crippen molar-refractivity contribution in [1.82, 2.24) is 0 Å². The van der Waals surface area contributed by atoms with Crippen molar-refractivity contribution in [3.63, 3.8) is 0 Å². The molecule has 86 valence electrons. The number of nitrogens with zero attached hydrogens (tertiary/aromatic N) is 1. The third-order valence-corrected chi connectivity index (χ3v) is 2.41. The highest BCUT2D eigenvalue weighted by Crippen LogP contribution is 2.23. The molecule has 0 aliphatic rings. The zero-order chi connectivity index (χ0) is 12.0. The van der Waals surface area contributed by atoms with Crippen LogP contribution in [0.5, 0.6) is 0 Å². The van der Waals surface area contributed by atoms with E-state index in [1.807, 2.05) is 26.0 Å². The molecule has 0 bridgehead atoms. The molecule has 0 saturated heterocycles. The minimum atomic E-state index is 0.144. The number of rotatable bonds is 5. The lowest BCUT2D eigenvalue weighted by Crippen LogP contribution is -2.22. The average molecular weight is 239 g/mol. The number of nitriles is 1. The number of benzene rings is 1. The van der Waals surface area contributed by atoms with Gasteiger partial charge < -0.3 is 10.1 Å². The summed E-state index contributed by atoms with van der Waals surface area (Å²) in [6.45, 7) is 5.24. The Bertz CT molecular complexity index is 387. The molecule has 1 aromatic carbocycles. The van der Waals surface area contributed by atoms with Crippen molar-refractivity contribution < 1.29 is 4.74 Å². The van der Waals surface area contributed by atoms with Gasteiger partial charge in [-0.3, -0.25) is 0 Å². The summed E-state index contributed by atoms with van der Waals surface area (Å²) in [5, 5.41) is 12.7. The number of hydrogen-bond donors (Lipinski definition) is 1. The molecule has 3 nitrogen and oxygen atoms in total. The van der Waals surface area contributed by atoms with Crippen LogP contribution in [0, 0.1) is 11.3 Å². The second-order valence-corrected chi connectivity index (χ2v) is 3.89. The monoisotopic (exact) mass is 238 g/mol. The van der Waals surface area contributed by atoms with Crippen LogP contribution in [0.25, 0.3) is 0 Å². The van der Waals surface area contributed by atoms with E-state index < -0.39 is 0 Å². The molecule has 0 fully saturated rings. The summed E-state index contributed by atoms with van der Waals surface area (Å²) in [5.41, 5.74) is 1.23. The van der Waals surface area contributed by atoms with Crippen molar-refractivity contribution in [3.05, 3.63) is 28.8 Å². The first-order valence-electron chi connectivity index (χ1n) is 5.22. The second-order valence-electron chi connectivity index (χ2n) is 3.48. The van der Waals surface area contributed by atoms with Gasteiger partial charge in [0.2, 0.25) is 0 Å². The molecule has 0 aliphatic heterocycles. The molecule has 0 saturated carbocycles. The summed E-state index contributed by atoms with van der Waals surface area (Å²) in [6.07, 6.45) is 0. The zero-order valence-electron chi connectivity index (χ0n) is 9.46. The molecule has 0 aromatic heterocycles. The third-order valence-electron chi connectivity index (χ3n) is 2.10. The molecule has 1 aromatic rings. The molecule has 0 amide bonds. The maximum absolute atomic E-state index is 8.98. The van der Waals surface area contributed by atoms with Gasteiger partial charge in [0.15, 0.2) is 0 Å². The Balaban J connectivity index is 2.74. The summed E-state index contributed by atoms with van der Waals surface area (Å²) in [4.78, 5) is 0. The van der Waals surface area contributed by atoms with Crippen molar-refractivity contribution in [2.45, 2.75) is 19.9 Å². The lowest BCUT2D eigenvalue weighted by Gasteiger charge is -2.16. The predicted octanol–water partition coefficient (Wildman–Crippen LogP) is 3.05. The summed E-state index contributed by atoms with van der Waals surface area (Å²) < 4.78 is 5.29. The topological polar surface area (TPSA) is 45.0 Å². The number of anilines is 1. The molecule has 4 heteroatoms.